The molecule has 0 saturated carbocycles. The highest BCUT2D eigenvalue weighted by Crippen LogP contribution is 2.40. The molecule has 6 heteroatoms. The molecule has 0 radical (unpaired) electrons. The van der Waals surface area contributed by atoms with Crippen molar-refractivity contribution in [3.05, 3.63) is 76.2 Å². The van der Waals surface area contributed by atoms with Gasteiger partial charge in [-0.15, -0.1) is 11.3 Å². The zero-order valence-electron chi connectivity index (χ0n) is 16.1. The predicted octanol–water partition coefficient (Wildman–Crippen LogP) is 5.02. The highest BCUT2D eigenvalue weighted by atomic mass is 32.1. The zero-order chi connectivity index (χ0) is 20.4. The van der Waals surface area contributed by atoms with Gasteiger partial charge in [0.25, 0.3) is 11.8 Å². The second-order valence-electron chi connectivity index (χ2n) is 7.29. The molecule has 148 valence electrons. The van der Waals surface area contributed by atoms with Crippen molar-refractivity contribution < 1.29 is 14.3 Å². The van der Waals surface area contributed by atoms with E-state index in [2.05, 4.69) is 12.2 Å². The van der Waals surface area contributed by atoms with E-state index in [4.69, 9.17) is 10.5 Å². The number of carbonyl (C=O) groups excluding carboxylic acids is 2. The quantitative estimate of drug-likeness (QED) is 0.624. The Morgan fingerprint density at radius 2 is 1.83 bits per heavy atom. The minimum Gasteiger partial charge on any atom is -0.457 e. The number of rotatable bonds is 5. The van der Waals surface area contributed by atoms with Crippen LogP contribution < -0.4 is 15.8 Å². The van der Waals surface area contributed by atoms with E-state index in [-0.39, 0.29) is 5.91 Å². The number of hydrogen-bond donors (Lipinski definition) is 2. The molecule has 3 N–H and O–H groups in total. The summed E-state index contributed by atoms with van der Waals surface area (Å²) in [6.07, 6.45) is 2.80. The summed E-state index contributed by atoms with van der Waals surface area (Å²) in [4.78, 5) is 26.3. The van der Waals surface area contributed by atoms with Gasteiger partial charge in [-0.05, 0) is 55.0 Å². The molecule has 2 amide bonds. The van der Waals surface area contributed by atoms with E-state index in [0.717, 1.165) is 29.7 Å². The fourth-order valence-corrected chi connectivity index (χ4v) is 4.88. The number of thiophene rings is 1. The fraction of sp³-hybridized carbons (Fsp3) is 0.217. The van der Waals surface area contributed by atoms with Crippen LogP contribution in [-0.4, -0.2) is 11.8 Å². The monoisotopic (exact) mass is 406 g/mol. The molecule has 0 aliphatic heterocycles. The highest BCUT2D eigenvalue weighted by Gasteiger charge is 2.28. The van der Waals surface area contributed by atoms with Crippen molar-refractivity contribution >= 4 is 28.2 Å². The van der Waals surface area contributed by atoms with E-state index < -0.39 is 5.91 Å². The van der Waals surface area contributed by atoms with E-state index in [0.29, 0.717) is 33.5 Å². The molecule has 1 aromatic heterocycles. The summed E-state index contributed by atoms with van der Waals surface area (Å²) in [5, 5.41) is 3.43. The molecule has 0 bridgehead atoms. The summed E-state index contributed by atoms with van der Waals surface area (Å²) in [6, 6.07) is 16.3. The summed E-state index contributed by atoms with van der Waals surface area (Å²) < 4.78 is 5.89. The number of hydrogen-bond acceptors (Lipinski definition) is 4. The van der Waals surface area contributed by atoms with Gasteiger partial charge in [0.2, 0.25) is 0 Å². The van der Waals surface area contributed by atoms with Crippen LogP contribution in [0.2, 0.25) is 0 Å². The molecule has 5 nitrogen and oxygen atoms in total. The lowest BCUT2D eigenvalue weighted by molar-refractivity contribution is 0.1000. The standard InChI is InChI=1S/C23H22N2O3S/c1-14-11-12-19-17(13-14)20(21(24)26)23(29-19)25-22(27)16-9-5-6-10-18(16)28-15-7-3-2-4-8-15/h2-10,14H,11-13H2,1H3,(H2,24,26)(H,25,27)/t14-/m0/s1. The third-order valence-corrected chi connectivity index (χ3v) is 6.29. The number of anilines is 1. The predicted molar refractivity (Wildman–Crippen MR) is 115 cm³/mol. The van der Waals surface area contributed by atoms with Gasteiger partial charge in [-0.2, -0.15) is 0 Å². The van der Waals surface area contributed by atoms with Crippen LogP contribution in [0, 0.1) is 5.92 Å². The van der Waals surface area contributed by atoms with Gasteiger partial charge in [0.15, 0.2) is 0 Å². The topological polar surface area (TPSA) is 81.4 Å². The molecule has 29 heavy (non-hydrogen) atoms. The van der Waals surface area contributed by atoms with Crippen molar-refractivity contribution in [1.29, 1.82) is 0 Å². The Morgan fingerprint density at radius 3 is 2.59 bits per heavy atom. The number of nitrogens with one attached hydrogen (secondary N) is 1. The molecule has 1 aliphatic carbocycles. The van der Waals surface area contributed by atoms with Crippen molar-refractivity contribution in [3.8, 4) is 11.5 Å². The smallest absolute Gasteiger partial charge is 0.260 e. The van der Waals surface area contributed by atoms with E-state index in [1.165, 1.54) is 11.3 Å². The molecule has 3 aromatic rings. The third-order valence-electron chi connectivity index (χ3n) is 5.08. The molecule has 2 aromatic carbocycles. The van der Waals surface area contributed by atoms with Crippen LogP contribution in [-0.2, 0) is 12.8 Å². The first-order chi connectivity index (χ1) is 14.0. The van der Waals surface area contributed by atoms with Crippen LogP contribution >= 0.6 is 11.3 Å². The van der Waals surface area contributed by atoms with Gasteiger partial charge < -0.3 is 15.8 Å². The lowest BCUT2D eigenvalue weighted by Crippen LogP contribution is -2.20. The Labute approximate surface area is 173 Å². The van der Waals surface area contributed by atoms with Gasteiger partial charge in [-0.1, -0.05) is 37.3 Å². The minimum atomic E-state index is -0.499. The largest absolute Gasteiger partial charge is 0.457 e. The van der Waals surface area contributed by atoms with E-state index >= 15 is 0 Å². The molecule has 1 heterocycles. The van der Waals surface area contributed by atoms with Crippen LogP contribution in [0.3, 0.4) is 0 Å². The van der Waals surface area contributed by atoms with Crippen molar-refractivity contribution in [1.82, 2.24) is 0 Å². The summed E-state index contributed by atoms with van der Waals surface area (Å²) in [6.45, 7) is 2.17. The number of nitrogens with two attached hydrogens (primary N) is 1. The van der Waals surface area contributed by atoms with Crippen molar-refractivity contribution in [2.75, 3.05) is 5.32 Å². The zero-order valence-corrected chi connectivity index (χ0v) is 16.9. The van der Waals surface area contributed by atoms with Crippen LogP contribution in [0.4, 0.5) is 5.00 Å². The molecular formula is C23H22N2O3S. The lowest BCUT2D eigenvalue weighted by atomic mass is 9.87. The Morgan fingerprint density at radius 1 is 1.10 bits per heavy atom. The molecule has 0 unspecified atom stereocenters. The first kappa shape index (κ1) is 19.2. The Hall–Kier alpha value is -3.12. The van der Waals surface area contributed by atoms with E-state index in [1.54, 1.807) is 18.2 Å². The first-order valence-corrected chi connectivity index (χ1v) is 10.4. The maximum Gasteiger partial charge on any atom is 0.260 e. The van der Waals surface area contributed by atoms with Crippen LogP contribution in [0.1, 0.15) is 44.5 Å². The van der Waals surface area contributed by atoms with E-state index in [1.807, 2.05) is 36.4 Å². The Kier molecular flexibility index (Phi) is 5.36. The van der Waals surface area contributed by atoms with Gasteiger partial charge in [0.05, 0.1) is 11.1 Å². The van der Waals surface area contributed by atoms with Crippen LogP contribution in [0.25, 0.3) is 0 Å². The third kappa shape index (κ3) is 4.03. The second kappa shape index (κ2) is 8.09. The average molecular weight is 407 g/mol. The van der Waals surface area contributed by atoms with Crippen LogP contribution in [0.5, 0.6) is 11.5 Å². The number of benzene rings is 2. The van der Waals surface area contributed by atoms with Crippen molar-refractivity contribution in [3.63, 3.8) is 0 Å². The summed E-state index contributed by atoms with van der Waals surface area (Å²) in [7, 11) is 0. The summed E-state index contributed by atoms with van der Waals surface area (Å²) >= 11 is 1.45. The Balaban J connectivity index is 1.63. The minimum absolute atomic E-state index is 0.328. The van der Waals surface area contributed by atoms with Gasteiger partial charge in [0.1, 0.15) is 16.5 Å². The first-order valence-electron chi connectivity index (χ1n) is 9.60. The van der Waals surface area contributed by atoms with Gasteiger partial charge in [-0.25, -0.2) is 0 Å². The number of para-hydroxylation sites is 2. The van der Waals surface area contributed by atoms with Crippen LogP contribution in [0.15, 0.2) is 54.6 Å². The number of aryl methyl sites for hydroxylation is 1. The summed E-state index contributed by atoms with van der Waals surface area (Å²) in [5.74, 6) is 0.767. The number of amides is 2. The lowest BCUT2D eigenvalue weighted by Gasteiger charge is -2.18. The van der Waals surface area contributed by atoms with Crippen molar-refractivity contribution in [2.45, 2.75) is 26.2 Å². The molecule has 1 atom stereocenters. The van der Waals surface area contributed by atoms with Gasteiger partial charge in [-0.3, -0.25) is 9.59 Å². The second-order valence-corrected chi connectivity index (χ2v) is 8.39. The molecule has 4 rings (SSSR count). The molecule has 0 saturated heterocycles. The number of primary amides is 1. The highest BCUT2D eigenvalue weighted by molar-refractivity contribution is 7.17. The molecule has 1 aliphatic rings. The number of fused-ring (bicyclic) bond motifs is 1. The fourth-order valence-electron chi connectivity index (χ4n) is 3.64. The Bertz CT molecular complexity index is 1060. The maximum atomic E-state index is 13.0. The number of ether oxygens (including phenoxy) is 1. The maximum absolute atomic E-state index is 13.0. The van der Waals surface area contributed by atoms with Gasteiger partial charge in [0, 0.05) is 4.88 Å². The molecular weight excluding hydrogens is 384 g/mol. The normalized spacial score (nSPS) is 15.4. The molecule has 0 fully saturated rings. The van der Waals surface area contributed by atoms with Gasteiger partial charge >= 0.3 is 0 Å². The SMILES string of the molecule is C[C@H]1CCc2sc(NC(=O)c3ccccc3Oc3ccccc3)c(C(N)=O)c2C1. The molecule has 0 spiro atoms. The van der Waals surface area contributed by atoms with Crippen molar-refractivity contribution in [2.24, 2.45) is 11.7 Å². The summed E-state index contributed by atoms with van der Waals surface area (Å²) in [5.41, 5.74) is 7.50. The number of carbonyl (C=O) groups is 2. The average Bonchev–Trinajstić information content (AvgIpc) is 3.06. The van der Waals surface area contributed by atoms with E-state index in [9.17, 15) is 9.59 Å².